The van der Waals surface area contributed by atoms with E-state index in [0.717, 1.165) is 0 Å². The first-order chi connectivity index (χ1) is 5.29. The van der Waals surface area contributed by atoms with E-state index < -0.39 is 0 Å². The number of hydrazine groups is 1. The highest BCUT2D eigenvalue weighted by atomic mass is 79.9. The van der Waals surface area contributed by atoms with Crippen molar-refractivity contribution in [2.75, 3.05) is 12.1 Å². The first-order valence-corrected chi connectivity index (χ1v) is 4.12. The molecule has 0 amide bonds. The maximum Gasteiger partial charge on any atom is 0.0907 e. The molecule has 1 heterocycles. The minimum absolute atomic E-state index is 1.23. The SMILES string of the molecule is CN1c2ccccc2[CH]N1Br. The van der Waals surface area contributed by atoms with Crippen molar-refractivity contribution < 1.29 is 0 Å². The van der Waals surface area contributed by atoms with E-state index in [-0.39, 0.29) is 0 Å². The quantitative estimate of drug-likeness (QED) is 0.608. The van der Waals surface area contributed by atoms with E-state index in [9.17, 15) is 0 Å². The fourth-order valence-corrected chi connectivity index (χ4v) is 1.59. The van der Waals surface area contributed by atoms with Crippen molar-refractivity contribution in [2.45, 2.75) is 0 Å². The topological polar surface area (TPSA) is 6.48 Å². The van der Waals surface area contributed by atoms with Gasteiger partial charge in [0.25, 0.3) is 0 Å². The normalized spacial score (nSPS) is 17.1. The highest BCUT2D eigenvalue weighted by molar-refractivity contribution is 9.07. The number of anilines is 1. The minimum atomic E-state index is 1.23. The maximum absolute atomic E-state index is 3.39. The van der Waals surface area contributed by atoms with Gasteiger partial charge in [0, 0.05) is 23.2 Å². The van der Waals surface area contributed by atoms with E-state index in [0.29, 0.717) is 0 Å². The van der Waals surface area contributed by atoms with Gasteiger partial charge in [-0.1, -0.05) is 18.2 Å². The Labute approximate surface area is 74.7 Å². The molecule has 1 aromatic carbocycles. The van der Waals surface area contributed by atoms with Gasteiger partial charge in [0.05, 0.1) is 12.2 Å². The van der Waals surface area contributed by atoms with Crippen molar-refractivity contribution in [2.24, 2.45) is 0 Å². The second kappa shape index (κ2) is 2.50. The Hall–Kier alpha value is -0.540. The summed E-state index contributed by atoms with van der Waals surface area (Å²) >= 11 is 3.39. The van der Waals surface area contributed by atoms with Crippen LogP contribution in [0, 0.1) is 6.54 Å². The van der Waals surface area contributed by atoms with Crippen molar-refractivity contribution in [3.8, 4) is 0 Å². The summed E-state index contributed by atoms with van der Waals surface area (Å²) in [4.78, 5) is 0. The first-order valence-electron chi connectivity index (χ1n) is 3.41. The van der Waals surface area contributed by atoms with Gasteiger partial charge in [-0.2, -0.15) is 0 Å². The Morgan fingerprint density at radius 3 is 2.73 bits per heavy atom. The van der Waals surface area contributed by atoms with Gasteiger partial charge in [-0.05, 0) is 11.6 Å². The Balaban J connectivity index is 2.47. The lowest BCUT2D eigenvalue weighted by atomic mass is 10.2. The summed E-state index contributed by atoms with van der Waals surface area (Å²) in [5.41, 5.74) is 2.47. The molecule has 0 aromatic heterocycles. The third-order valence-corrected chi connectivity index (χ3v) is 2.50. The highest BCUT2D eigenvalue weighted by Crippen LogP contribution is 2.32. The van der Waals surface area contributed by atoms with Crippen molar-refractivity contribution in [1.82, 2.24) is 4.03 Å². The molecule has 0 bridgehead atoms. The molecule has 1 aliphatic heterocycles. The lowest BCUT2D eigenvalue weighted by molar-refractivity contribution is 0.616. The molecule has 0 aliphatic carbocycles. The zero-order valence-electron chi connectivity index (χ0n) is 6.16. The van der Waals surface area contributed by atoms with E-state index in [1.165, 1.54) is 11.3 Å². The van der Waals surface area contributed by atoms with Crippen molar-refractivity contribution in [3.05, 3.63) is 36.4 Å². The third kappa shape index (κ3) is 1.04. The molecule has 1 aliphatic rings. The van der Waals surface area contributed by atoms with Crippen LogP contribution in [0.4, 0.5) is 5.69 Å². The highest BCUT2D eigenvalue weighted by Gasteiger charge is 2.21. The largest absolute Gasteiger partial charge is 0.298 e. The van der Waals surface area contributed by atoms with Crippen LogP contribution in [0.3, 0.4) is 0 Å². The van der Waals surface area contributed by atoms with Crippen molar-refractivity contribution >= 4 is 21.8 Å². The molecule has 0 unspecified atom stereocenters. The van der Waals surface area contributed by atoms with Crippen molar-refractivity contribution in [1.29, 1.82) is 0 Å². The van der Waals surface area contributed by atoms with Crippen LogP contribution in [0.5, 0.6) is 0 Å². The Bertz CT molecular complexity index is 275. The average molecular weight is 212 g/mol. The first kappa shape index (κ1) is 7.13. The average Bonchev–Trinajstić information content (AvgIpc) is 2.30. The summed E-state index contributed by atoms with van der Waals surface area (Å²) in [5, 5.41) is 2.04. The molecule has 0 N–H and O–H groups in total. The molecular formula is C8H8BrN2. The summed E-state index contributed by atoms with van der Waals surface area (Å²) in [6.45, 7) is 2.04. The summed E-state index contributed by atoms with van der Waals surface area (Å²) < 4.78 is 1.89. The molecule has 0 fully saturated rings. The molecule has 0 spiro atoms. The lowest BCUT2D eigenvalue weighted by Crippen LogP contribution is -2.23. The van der Waals surface area contributed by atoms with Crippen molar-refractivity contribution in [3.63, 3.8) is 0 Å². The smallest absolute Gasteiger partial charge is 0.0907 e. The van der Waals surface area contributed by atoms with Crippen LogP contribution in [0.25, 0.3) is 0 Å². The number of fused-ring (bicyclic) bond motifs is 1. The standard InChI is InChI=1S/C8H8BrN2/c1-10-8-5-3-2-4-7(8)6-11(10)9/h2-6H,1H3. The van der Waals surface area contributed by atoms with Gasteiger partial charge in [-0.25, -0.2) is 0 Å². The fourth-order valence-electron chi connectivity index (χ4n) is 1.20. The predicted octanol–water partition coefficient (Wildman–Crippen LogP) is 2.17. The number of hydrogen-bond acceptors (Lipinski definition) is 2. The van der Waals surface area contributed by atoms with E-state index in [2.05, 4.69) is 28.3 Å². The summed E-state index contributed by atoms with van der Waals surface area (Å²) in [6.07, 6.45) is 0. The van der Waals surface area contributed by atoms with Gasteiger partial charge in [0.2, 0.25) is 0 Å². The van der Waals surface area contributed by atoms with Crippen LogP contribution in [0.1, 0.15) is 5.56 Å². The van der Waals surface area contributed by atoms with Gasteiger partial charge >= 0.3 is 0 Å². The van der Waals surface area contributed by atoms with Crippen LogP contribution in [-0.2, 0) is 0 Å². The van der Waals surface area contributed by atoms with E-state index in [1.54, 1.807) is 0 Å². The summed E-state index contributed by atoms with van der Waals surface area (Å²) in [6, 6.07) is 8.25. The Kier molecular flexibility index (Phi) is 1.62. The van der Waals surface area contributed by atoms with Crippen LogP contribution < -0.4 is 5.01 Å². The Morgan fingerprint density at radius 1 is 1.27 bits per heavy atom. The Morgan fingerprint density at radius 2 is 2.00 bits per heavy atom. The fraction of sp³-hybridized carbons (Fsp3) is 0.125. The van der Waals surface area contributed by atoms with Gasteiger partial charge in [0.1, 0.15) is 0 Å². The summed E-state index contributed by atoms with van der Waals surface area (Å²) in [7, 11) is 2.01. The van der Waals surface area contributed by atoms with Gasteiger partial charge in [0.15, 0.2) is 0 Å². The second-order valence-corrected chi connectivity index (χ2v) is 3.23. The number of halogens is 1. The van der Waals surface area contributed by atoms with Gasteiger partial charge in [-0.15, -0.1) is 4.03 Å². The molecule has 11 heavy (non-hydrogen) atoms. The van der Waals surface area contributed by atoms with Crippen LogP contribution in [0.2, 0.25) is 0 Å². The number of nitrogens with zero attached hydrogens (tertiary/aromatic N) is 2. The lowest BCUT2D eigenvalue weighted by Gasteiger charge is -2.18. The molecule has 3 heteroatoms. The summed E-state index contributed by atoms with van der Waals surface area (Å²) in [5.74, 6) is 0. The third-order valence-electron chi connectivity index (χ3n) is 1.82. The van der Waals surface area contributed by atoms with E-state index in [4.69, 9.17) is 0 Å². The number of hydrogen-bond donors (Lipinski definition) is 0. The molecule has 1 aromatic rings. The zero-order valence-corrected chi connectivity index (χ0v) is 7.75. The maximum atomic E-state index is 3.39. The minimum Gasteiger partial charge on any atom is -0.298 e. The predicted molar refractivity (Wildman–Crippen MR) is 49.0 cm³/mol. The molecule has 57 valence electrons. The molecule has 2 rings (SSSR count). The number of benzene rings is 1. The molecular weight excluding hydrogens is 204 g/mol. The van der Waals surface area contributed by atoms with E-state index in [1.807, 2.05) is 34.8 Å². The molecule has 1 radical (unpaired) electrons. The number of para-hydroxylation sites is 1. The van der Waals surface area contributed by atoms with E-state index >= 15 is 0 Å². The second-order valence-electron chi connectivity index (χ2n) is 2.50. The molecule has 0 saturated carbocycles. The molecule has 2 nitrogen and oxygen atoms in total. The molecule has 0 saturated heterocycles. The van der Waals surface area contributed by atoms with Crippen LogP contribution in [0.15, 0.2) is 24.3 Å². The van der Waals surface area contributed by atoms with Gasteiger partial charge in [-0.3, -0.25) is 5.01 Å². The van der Waals surface area contributed by atoms with Crippen LogP contribution in [-0.4, -0.2) is 11.1 Å². The monoisotopic (exact) mass is 211 g/mol. The van der Waals surface area contributed by atoms with Crippen LogP contribution >= 0.6 is 16.1 Å². The van der Waals surface area contributed by atoms with Gasteiger partial charge < -0.3 is 0 Å². The molecule has 0 atom stereocenters. The number of rotatable bonds is 0. The zero-order chi connectivity index (χ0) is 7.84.